The minimum absolute atomic E-state index is 0.152. The molecule has 1 aromatic rings. The van der Waals surface area contributed by atoms with Crippen LogP contribution in [0.15, 0.2) is 30.3 Å². The predicted octanol–water partition coefficient (Wildman–Crippen LogP) is 2.16. The molecule has 1 aromatic carbocycles. The molecule has 2 N–H and O–H groups in total. The summed E-state index contributed by atoms with van der Waals surface area (Å²) in [6.07, 6.45) is -4.21. The Kier molecular flexibility index (Phi) is 6.06. The van der Waals surface area contributed by atoms with Crippen molar-refractivity contribution in [3.05, 3.63) is 35.9 Å². The molecule has 2 aliphatic carbocycles. The van der Waals surface area contributed by atoms with Gasteiger partial charge in [0.1, 0.15) is 30.0 Å². The smallest absolute Gasteiger partial charge is 0.338 e. The highest BCUT2D eigenvalue weighted by Crippen LogP contribution is 2.68. The maximum absolute atomic E-state index is 13.1. The number of hydrogen-bond acceptors (Lipinski definition) is 9. The summed E-state index contributed by atoms with van der Waals surface area (Å²) in [6, 6.07) is 8.43. The Hall–Kier alpha value is -2.49. The molecule has 1 aliphatic heterocycles. The minimum atomic E-state index is -1.65. The second-order valence-corrected chi connectivity index (χ2v) is 10.9. The first kappa shape index (κ1) is 25.6. The van der Waals surface area contributed by atoms with Crippen LogP contribution in [-0.4, -0.2) is 69.3 Å². The summed E-state index contributed by atoms with van der Waals surface area (Å²) in [4.78, 5) is 37.5. The molecule has 3 fully saturated rings. The zero-order valence-electron chi connectivity index (χ0n) is 20.9. The lowest BCUT2D eigenvalue weighted by Crippen LogP contribution is -2.81. The molecule has 9 heteroatoms. The van der Waals surface area contributed by atoms with Crippen molar-refractivity contribution in [2.45, 2.75) is 95.6 Å². The average Bonchev–Trinajstić information content (AvgIpc) is 2.97. The van der Waals surface area contributed by atoms with Gasteiger partial charge in [0.05, 0.1) is 28.1 Å². The summed E-state index contributed by atoms with van der Waals surface area (Å²) >= 11 is 0. The number of aliphatic hydroxyl groups is 2. The Morgan fingerprint density at radius 2 is 1.51 bits per heavy atom. The third-order valence-corrected chi connectivity index (χ3v) is 8.23. The van der Waals surface area contributed by atoms with E-state index < -0.39 is 70.5 Å². The molecule has 3 aliphatic rings. The molecule has 0 radical (unpaired) electrons. The zero-order valence-corrected chi connectivity index (χ0v) is 20.9. The van der Waals surface area contributed by atoms with E-state index in [0.29, 0.717) is 5.56 Å². The summed E-state index contributed by atoms with van der Waals surface area (Å²) in [5.74, 6) is -2.68. The first-order valence-corrected chi connectivity index (χ1v) is 11.9. The van der Waals surface area contributed by atoms with Crippen LogP contribution in [0.1, 0.15) is 64.7 Å². The van der Waals surface area contributed by atoms with E-state index in [1.165, 1.54) is 13.8 Å². The number of aliphatic hydroxyl groups excluding tert-OH is 1. The highest BCUT2D eigenvalue weighted by Gasteiger charge is 2.84. The van der Waals surface area contributed by atoms with Crippen LogP contribution in [0.5, 0.6) is 0 Å². The highest BCUT2D eigenvalue weighted by molar-refractivity contribution is 5.89. The van der Waals surface area contributed by atoms with Crippen LogP contribution in [0.4, 0.5) is 0 Å². The number of ether oxygens (including phenoxy) is 4. The fourth-order valence-electron chi connectivity index (χ4n) is 6.90. The van der Waals surface area contributed by atoms with Crippen molar-refractivity contribution < 1.29 is 43.5 Å². The fraction of sp³-hybridized carbons (Fsp3) is 0.654. The van der Waals surface area contributed by atoms with E-state index in [9.17, 15) is 24.6 Å². The summed E-state index contributed by atoms with van der Waals surface area (Å²) in [7, 11) is 0. The number of esters is 3. The van der Waals surface area contributed by atoms with Crippen LogP contribution in [0.3, 0.4) is 0 Å². The highest BCUT2D eigenvalue weighted by atomic mass is 16.6. The van der Waals surface area contributed by atoms with Crippen molar-refractivity contribution in [3.63, 3.8) is 0 Å². The molecule has 4 rings (SSSR count). The van der Waals surface area contributed by atoms with Gasteiger partial charge in [-0.25, -0.2) is 4.79 Å². The summed E-state index contributed by atoms with van der Waals surface area (Å²) < 4.78 is 24.1. The molecule has 2 bridgehead atoms. The number of hydrogen-bond donors (Lipinski definition) is 2. The van der Waals surface area contributed by atoms with Crippen LogP contribution in [0.2, 0.25) is 0 Å². The normalized spacial score (nSPS) is 41.4. The van der Waals surface area contributed by atoms with Gasteiger partial charge in [-0.3, -0.25) is 9.59 Å². The molecule has 1 heterocycles. The predicted molar refractivity (Wildman–Crippen MR) is 122 cm³/mol. The first-order valence-electron chi connectivity index (χ1n) is 11.9. The van der Waals surface area contributed by atoms with Gasteiger partial charge in [0.25, 0.3) is 0 Å². The van der Waals surface area contributed by atoms with Crippen molar-refractivity contribution in [3.8, 4) is 0 Å². The Balaban J connectivity index is 1.92. The van der Waals surface area contributed by atoms with Gasteiger partial charge >= 0.3 is 17.9 Å². The van der Waals surface area contributed by atoms with Crippen molar-refractivity contribution >= 4 is 17.9 Å². The van der Waals surface area contributed by atoms with Crippen LogP contribution in [-0.2, 0) is 28.5 Å². The number of benzene rings is 1. The first-order chi connectivity index (χ1) is 16.2. The van der Waals surface area contributed by atoms with E-state index in [1.807, 2.05) is 0 Å². The molecule has 0 aromatic heterocycles. The van der Waals surface area contributed by atoms with Crippen LogP contribution >= 0.6 is 0 Å². The average molecular weight is 491 g/mol. The lowest BCUT2D eigenvalue weighted by atomic mass is 9.47. The molecule has 2 saturated carbocycles. The van der Waals surface area contributed by atoms with Crippen molar-refractivity contribution in [1.82, 2.24) is 0 Å². The van der Waals surface area contributed by atoms with Crippen LogP contribution in [0, 0.1) is 11.3 Å². The second-order valence-electron chi connectivity index (χ2n) is 10.9. The Labute approximate surface area is 204 Å². The second kappa shape index (κ2) is 8.28. The summed E-state index contributed by atoms with van der Waals surface area (Å²) in [6.45, 7) is 9.18. The van der Waals surface area contributed by atoms with Gasteiger partial charge in [-0.2, -0.15) is 0 Å². The zero-order chi connectivity index (χ0) is 26.0. The van der Waals surface area contributed by atoms with E-state index in [0.717, 1.165) is 0 Å². The third-order valence-electron chi connectivity index (χ3n) is 8.23. The number of carbonyl (C=O) groups excluding carboxylic acids is 3. The lowest BCUT2D eigenvalue weighted by Gasteiger charge is -2.64. The molecule has 9 nitrogen and oxygen atoms in total. The topological polar surface area (TPSA) is 129 Å². The molecular formula is C26H34O9. The molecule has 1 saturated heterocycles. The lowest BCUT2D eigenvalue weighted by molar-refractivity contribution is -0.336. The number of rotatable bonds is 4. The summed E-state index contributed by atoms with van der Waals surface area (Å²) in [5.41, 5.74) is -5.47. The van der Waals surface area contributed by atoms with Crippen molar-refractivity contribution in [1.29, 1.82) is 0 Å². The Morgan fingerprint density at radius 1 is 0.943 bits per heavy atom. The quantitative estimate of drug-likeness (QED) is 0.482. The Morgan fingerprint density at radius 3 is 2.09 bits per heavy atom. The van der Waals surface area contributed by atoms with Crippen molar-refractivity contribution in [2.75, 3.05) is 0 Å². The van der Waals surface area contributed by atoms with Gasteiger partial charge < -0.3 is 29.2 Å². The van der Waals surface area contributed by atoms with Crippen LogP contribution in [0.25, 0.3) is 0 Å². The fourth-order valence-corrected chi connectivity index (χ4v) is 6.90. The number of fused-ring (bicyclic) bond motifs is 1. The van der Waals surface area contributed by atoms with Gasteiger partial charge in [0.2, 0.25) is 0 Å². The van der Waals surface area contributed by atoms with Gasteiger partial charge in [-0.1, -0.05) is 18.2 Å². The SMILES string of the molecule is CC(=O)O[C@@H]1[C@@H](O)[C@H]2[C@@H](OC(C)=O)[C@]3(OC2(C)C)[C@@]1(C)[C@@H](OC(=O)c1ccccc1)CC[C@]3(C)O. The third kappa shape index (κ3) is 3.58. The standard InChI is InChI=1S/C26H34O9/c1-14(27)32-20-18-19(29)21(33-15(2)28)25(6)17(34-22(30)16-10-8-7-9-11-16)12-13-24(5,31)26(20,25)35-23(18,3)4/h7-11,17-21,29,31H,12-13H2,1-6H3/t17-,18-,19-,20+,21+,24-,25-,26+/m0/s1. The van der Waals surface area contributed by atoms with Crippen molar-refractivity contribution in [2.24, 2.45) is 11.3 Å². The monoisotopic (exact) mass is 490 g/mol. The van der Waals surface area contributed by atoms with Gasteiger partial charge in [0, 0.05) is 13.8 Å². The molecule has 192 valence electrons. The van der Waals surface area contributed by atoms with E-state index >= 15 is 0 Å². The minimum Gasteiger partial charge on any atom is -0.459 e. The molecule has 35 heavy (non-hydrogen) atoms. The van der Waals surface area contributed by atoms with E-state index in [2.05, 4.69) is 0 Å². The Bertz CT molecular complexity index is 1020. The number of carbonyl (C=O) groups is 3. The summed E-state index contributed by atoms with van der Waals surface area (Å²) in [5, 5.41) is 23.4. The van der Waals surface area contributed by atoms with E-state index in [-0.39, 0.29) is 12.8 Å². The van der Waals surface area contributed by atoms with Crippen LogP contribution < -0.4 is 0 Å². The molecule has 1 spiro atoms. The van der Waals surface area contributed by atoms with E-state index in [1.54, 1.807) is 58.0 Å². The van der Waals surface area contributed by atoms with E-state index in [4.69, 9.17) is 18.9 Å². The van der Waals surface area contributed by atoms with Gasteiger partial charge in [-0.05, 0) is 52.7 Å². The maximum atomic E-state index is 13.1. The van der Waals surface area contributed by atoms with Gasteiger partial charge in [0.15, 0.2) is 0 Å². The largest absolute Gasteiger partial charge is 0.459 e. The molecule has 0 amide bonds. The molecule has 0 unspecified atom stereocenters. The molecule has 8 atom stereocenters. The van der Waals surface area contributed by atoms with Gasteiger partial charge in [-0.15, -0.1) is 0 Å². The maximum Gasteiger partial charge on any atom is 0.338 e. The molecular weight excluding hydrogens is 456 g/mol.